The third kappa shape index (κ3) is 6.04. The van der Waals surface area contributed by atoms with Crippen molar-refractivity contribution in [3.8, 4) is 11.5 Å². The van der Waals surface area contributed by atoms with Gasteiger partial charge < -0.3 is 14.8 Å². The van der Waals surface area contributed by atoms with Crippen LogP contribution in [0.2, 0.25) is 0 Å². The average Bonchev–Trinajstić information content (AvgIpc) is 2.79. The van der Waals surface area contributed by atoms with Gasteiger partial charge in [0, 0.05) is 11.3 Å². The molecule has 0 unspecified atom stereocenters. The predicted molar refractivity (Wildman–Crippen MR) is 130 cm³/mol. The number of anilines is 2. The molecule has 0 aromatic heterocycles. The van der Waals surface area contributed by atoms with Crippen molar-refractivity contribution in [1.82, 2.24) is 0 Å². The van der Waals surface area contributed by atoms with Gasteiger partial charge in [0.2, 0.25) is 0 Å². The molecule has 0 heterocycles. The minimum Gasteiger partial charge on any atom is -0.493 e. The van der Waals surface area contributed by atoms with Gasteiger partial charge in [-0.25, -0.2) is 8.42 Å². The van der Waals surface area contributed by atoms with E-state index < -0.39 is 10.0 Å². The second kappa shape index (κ2) is 10.4. The standard InChI is InChI=1S/C25H28N2O5S/c1-5-13-32-23-12-10-19(15-24(23)31-4)25(28)26-20-7-6-8-21(16-20)27-33(29,30)22-11-9-17(2)18(3)14-22/h6-12,14-16,27H,5,13H2,1-4H3,(H,26,28). The minimum atomic E-state index is -3.76. The highest BCUT2D eigenvalue weighted by Crippen LogP contribution is 2.29. The Labute approximate surface area is 194 Å². The molecule has 2 N–H and O–H groups in total. The molecule has 0 aliphatic heterocycles. The van der Waals surface area contributed by atoms with Crippen LogP contribution in [0, 0.1) is 13.8 Å². The first-order chi connectivity index (χ1) is 15.7. The van der Waals surface area contributed by atoms with Gasteiger partial charge >= 0.3 is 0 Å². The summed E-state index contributed by atoms with van der Waals surface area (Å²) in [7, 11) is -2.25. The summed E-state index contributed by atoms with van der Waals surface area (Å²) in [5.74, 6) is 0.675. The summed E-state index contributed by atoms with van der Waals surface area (Å²) in [6, 6.07) is 16.4. The van der Waals surface area contributed by atoms with E-state index in [2.05, 4.69) is 10.0 Å². The van der Waals surface area contributed by atoms with Gasteiger partial charge in [0.1, 0.15) is 0 Å². The molecule has 0 bridgehead atoms. The maximum Gasteiger partial charge on any atom is 0.261 e. The molecule has 8 heteroatoms. The number of carbonyl (C=O) groups is 1. The van der Waals surface area contributed by atoms with Gasteiger partial charge in [0.05, 0.1) is 24.3 Å². The molecule has 0 saturated carbocycles. The summed E-state index contributed by atoms with van der Waals surface area (Å²) < 4.78 is 39.1. The van der Waals surface area contributed by atoms with Crippen LogP contribution in [0.1, 0.15) is 34.8 Å². The molecule has 0 saturated heterocycles. The zero-order chi connectivity index (χ0) is 24.0. The van der Waals surface area contributed by atoms with E-state index in [9.17, 15) is 13.2 Å². The molecular weight excluding hydrogens is 440 g/mol. The summed E-state index contributed by atoms with van der Waals surface area (Å²) >= 11 is 0. The Hall–Kier alpha value is -3.52. The van der Waals surface area contributed by atoms with E-state index in [-0.39, 0.29) is 10.8 Å². The third-order valence-corrected chi connectivity index (χ3v) is 6.43. The highest BCUT2D eigenvalue weighted by atomic mass is 32.2. The molecule has 0 radical (unpaired) electrons. The number of hydrogen-bond donors (Lipinski definition) is 2. The molecule has 0 aliphatic rings. The first kappa shape index (κ1) is 24.1. The molecule has 0 spiro atoms. The van der Waals surface area contributed by atoms with Crippen molar-refractivity contribution in [2.45, 2.75) is 32.1 Å². The minimum absolute atomic E-state index is 0.178. The fourth-order valence-corrected chi connectivity index (χ4v) is 4.23. The van der Waals surface area contributed by atoms with Crippen molar-refractivity contribution in [2.75, 3.05) is 23.8 Å². The Kier molecular flexibility index (Phi) is 7.60. The van der Waals surface area contributed by atoms with Gasteiger partial charge in [0.15, 0.2) is 11.5 Å². The van der Waals surface area contributed by atoms with Crippen molar-refractivity contribution >= 4 is 27.3 Å². The van der Waals surface area contributed by atoms with Crippen LogP contribution in [0.5, 0.6) is 11.5 Å². The lowest BCUT2D eigenvalue weighted by molar-refractivity contribution is 0.102. The third-order valence-electron chi connectivity index (χ3n) is 5.05. The fourth-order valence-electron chi connectivity index (χ4n) is 3.10. The van der Waals surface area contributed by atoms with E-state index >= 15 is 0 Å². The number of rotatable bonds is 9. The molecule has 0 atom stereocenters. The lowest BCUT2D eigenvalue weighted by Crippen LogP contribution is -2.15. The van der Waals surface area contributed by atoms with Crippen LogP contribution in [0.4, 0.5) is 11.4 Å². The highest BCUT2D eigenvalue weighted by Gasteiger charge is 2.16. The van der Waals surface area contributed by atoms with Crippen molar-refractivity contribution in [3.05, 3.63) is 77.4 Å². The van der Waals surface area contributed by atoms with Crippen molar-refractivity contribution in [2.24, 2.45) is 0 Å². The van der Waals surface area contributed by atoms with E-state index in [1.54, 1.807) is 60.7 Å². The molecule has 33 heavy (non-hydrogen) atoms. The Bertz CT molecular complexity index is 1260. The lowest BCUT2D eigenvalue weighted by Gasteiger charge is -2.13. The SMILES string of the molecule is CCCOc1ccc(C(=O)Nc2cccc(NS(=O)(=O)c3ccc(C)c(C)c3)c2)cc1OC. The normalized spacial score (nSPS) is 11.0. The van der Waals surface area contributed by atoms with Gasteiger partial charge in [-0.3, -0.25) is 9.52 Å². The predicted octanol–water partition coefficient (Wildman–Crippen LogP) is 5.15. The maximum absolute atomic E-state index is 12.8. The summed E-state index contributed by atoms with van der Waals surface area (Å²) in [4.78, 5) is 12.9. The first-order valence-corrected chi connectivity index (χ1v) is 12.0. The molecule has 3 aromatic rings. The number of carbonyl (C=O) groups excluding carboxylic acids is 1. The molecule has 174 valence electrons. The van der Waals surface area contributed by atoms with Gasteiger partial charge in [-0.15, -0.1) is 0 Å². The van der Waals surface area contributed by atoms with Crippen LogP contribution >= 0.6 is 0 Å². The molecule has 0 aliphatic carbocycles. The van der Waals surface area contributed by atoms with Gasteiger partial charge in [-0.05, 0) is 79.9 Å². The monoisotopic (exact) mass is 468 g/mol. The van der Waals surface area contributed by atoms with Crippen LogP contribution in [0.3, 0.4) is 0 Å². The van der Waals surface area contributed by atoms with Gasteiger partial charge in [0.25, 0.3) is 15.9 Å². The average molecular weight is 469 g/mol. The number of nitrogens with one attached hydrogen (secondary N) is 2. The summed E-state index contributed by atoms with van der Waals surface area (Å²) in [5, 5.41) is 2.78. The number of hydrogen-bond acceptors (Lipinski definition) is 5. The zero-order valence-electron chi connectivity index (χ0n) is 19.1. The largest absolute Gasteiger partial charge is 0.493 e. The Morgan fingerprint density at radius 2 is 1.67 bits per heavy atom. The summed E-state index contributed by atoms with van der Waals surface area (Å²) in [5.41, 5.74) is 3.08. The van der Waals surface area contributed by atoms with E-state index in [4.69, 9.17) is 9.47 Å². The zero-order valence-corrected chi connectivity index (χ0v) is 20.0. The number of sulfonamides is 1. The topological polar surface area (TPSA) is 93.7 Å². The van der Waals surface area contributed by atoms with Crippen molar-refractivity contribution in [1.29, 1.82) is 0 Å². The highest BCUT2D eigenvalue weighted by molar-refractivity contribution is 7.92. The van der Waals surface area contributed by atoms with Crippen LogP contribution in [-0.2, 0) is 10.0 Å². The first-order valence-electron chi connectivity index (χ1n) is 10.6. The number of benzene rings is 3. The van der Waals surface area contributed by atoms with E-state index in [1.807, 2.05) is 20.8 Å². The van der Waals surface area contributed by atoms with Crippen LogP contribution < -0.4 is 19.5 Å². The number of aryl methyl sites for hydroxylation is 2. The summed E-state index contributed by atoms with van der Waals surface area (Å²) in [6.07, 6.45) is 0.856. The number of methoxy groups -OCH3 is 1. The number of ether oxygens (including phenoxy) is 2. The Morgan fingerprint density at radius 3 is 2.36 bits per heavy atom. The number of amides is 1. The fraction of sp³-hybridized carbons (Fsp3) is 0.240. The summed E-state index contributed by atoms with van der Waals surface area (Å²) in [6.45, 7) is 6.34. The molecule has 1 amide bonds. The molecule has 3 aromatic carbocycles. The second-order valence-corrected chi connectivity index (χ2v) is 9.28. The molecule has 0 fully saturated rings. The molecular formula is C25H28N2O5S. The van der Waals surface area contributed by atoms with Gasteiger partial charge in [-0.2, -0.15) is 0 Å². The van der Waals surface area contributed by atoms with Crippen molar-refractivity contribution < 1.29 is 22.7 Å². The van der Waals surface area contributed by atoms with Crippen LogP contribution in [0.25, 0.3) is 0 Å². The van der Waals surface area contributed by atoms with Crippen LogP contribution in [0.15, 0.2) is 65.6 Å². The van der Waals surface area contributed by atoms with Crippen molar-refractivity contribution in [3.63, 3.8) is 0 Å². The van der Waals surface area contributed by atoms with E-state index in [0.29, 0.717) is 35.0 Å². The van der Waals surface area contributed by atoms with Gasteiger partial charge in [-0.1, -0.05) is 19.1 Å². The molecule has 3 rings (SSSR count). The smallest absolute Gasteiger partial charge is 0.261 e. The molecule has 7 nitrogen and oxygen atoms in total. The quantitative estimate of drug-likeness (QED) is 0.453. The lowest BCUT2D eigenvalue weighted by atomic mass is 10.1. The second-order valence-electron chi connectivity index (χ2n) is 7.60. The van der Waals surface area contributed by atoms with Crippen LogP contribution in [-0.4, -0.2) is 28.0 Å². The Balaban J connectivity index is 1.76. The van der Waals surface area contributed by atoms with E-state index in [0.717, 1.165) is 17.5 Å². The maximum atomic E-state index is 12.8. The Morgan fingerprint density at radius 1 is 0.909 bits per heavy atom. The van der Waals surface area contributed by atoms with E-state index in [1.165, 1.54) is 7.11 Å².